The molecule has 1 aliphatic rings. The summed E-state index contributed by atoms with van der Waals surface area (Å²) >= 11 is 3.46. The second-order valence-electron chi connectivity index (χ2n) is 5.72. The van der Waals surface area contributed by atoms with Gasteiger partial charge in [0.25, 0.3) is 5.91 Å². The quantitative estimate of drug-likeness (QED) is 0.887. The molecule has 3 rings (SSSR count). The van der Waals surface area contributed by atoms with E-state index in [9.17, 15) is 4.79 Å². The second-order valence-corrected chi connectivity index (χ2v) is 6.57. The Bertz CT molecular complexity index is 694. The summed E-state index contributed by atoms with van der Waals surface area (Å²) in [6.07, 6.45) is 2.81. The fourth-order valence-electron chi connectivity index (χ4n) is 2.66. The number of carbonyl (C=O) groups excluding carboxylic acids is 1. The van der Waals surface area contributed by atoms with E-state index in [0.29, 0.717) is 11.6 Å². The molecule has 4 nitrogen and oxygen atoms in total. The Morgan fingerprint density at radius 3 is 3.05 bits per heavy atom. The van der Waals surface area contributed by atoms with Crippen LogP contribution in [0.5, 0.6) is 0 Å². The third kappa shape index (κ3) is 2.88. The Hall–Kier alpha value is -1.62. The van der Waals surface area contributed by atoms with Crippen LogP contribution in [0.15, 0.2) is 27.2 Å². The van der Waals surface area contributed by atoms with Gasteiger partial charge in [-0.15, -0.1) is 0 Å². The second kappa shape index (κ2) is 5.64. The van der Waals surface area contributed by atoms with Gasteiger partial charge in [-0.1, -0.05) is 18.1 Å². The van der Waals surface area contributed by atoms with Gasteiger partial charge in [0.05, 0.1) is 5.69 Å². The molecular weight excluding hydrogens is 332 g/mol. The lowest BCUT2D eigenvalue weighted by molar-refractivity contribution is 0.101. The van der Waals surface area contributed by atoms with Crippen LogP contribution in [0.2, 0.25) is 0 Å². The molecule has 0 fully saturated rings. The average Bonchev–Trinajstić information content (AvgIpc) is 2.85. The molecular formula is C16H17BrN2O2. The van der Waals surface area contributed by atoms with Gasteiger partial charge in [-0.05, 0) is 59.3 Å². The van der Waals surface area contributed by atoms with E-state index in [1.165, 1.54) is 0 Å². The Morgan fingerprint density at radius 2 is 2.29 bits per heavy atom. The Labute approximate surface area is 132 Å². The van der Waals surface area contributed by atoms with Crippen molar-refractivity contribution in [3.63, 3.8) is 0 Å². The molecule has 110 valence electrons. The summed E-state index contributed by atoms with van der Waals surface area (Å²) in [6, 6.07) is 5.81. The van der Waals surface area contributed by atoms with Gasteiger partial charge in [-0.3, -0.25) is 4.79 Å². The molecule has 21 heavy (non-hydrogen) atoms. The number of rotatable bonds is 2. The summed E-state index contributed by atoms with van der Waals surface area (Å²) in [4.78, 5) is 12.4. The number of carbonyl (C=O) groups is 1. The van der Waals surface area contributed by atoms with Crippen LogP contribution in [-0.4, -0.2) is 11.1 Å². The van der Waals surface area contributed by atoms with Gasteiger partial charge < -0.3 is 9.84 Å². The van der Waals surface area contributed by atoms with Crippen molar-refractivity contribution in [1.29, 1.82) is 0 Å². The molecule has 1 heterocycles. The van der Waals surface area contributed by atoms with Gasteiger partial charge in [0, 0.05) is 16.5 Å². The molecule has 0 aliphatic heterocycles. The summed E-state index contributed by atoms with van der Waals surface area (Å²) < 4.78 is 6.18. The van der Waals surface area contributed by atoms with Gasteiger partial charge in [0.15, 0.2) is 5.69 Å². The van der Waals surface area contributed by atoms with Crippen molar-refractivity contribution in [1.82, 2.24) is 5.16 Å². The minimum absolute atomic E-state index is 0.210. The van der Waals surface area contributed by atoms with E-state index >= 15 is 0 Å². The summed E-state index contributed by atoms with van der Waals surface area (Å²) in [7, 11) is 0. The average molecular weight is 349 g/mol. The fraction of sp³-hybridized carbons (Fsp3) is 0.375. The summed E-state index contributed by atoms with van der Waals surface area (Å²) in [5, 5.41) is 6.87. The maximum absolute atomic E-state index is 12.4. The van der Waals surface area contributed by atoms with Crippen molar-refractivity contribution in [2.75, 3.05) is 5.32 Å². The summed E-state index contributed by atoms with van der Waals surface area (Å²) in [6.45, 7) is 4.19. The molecule has 0 spiro atoms. The molecule has 1 aromatic carbocycles. The first-order valence-electron chi connectivity index (χ1n) is 7.09. The summed E-state index contributed by atoms with van der Waals surface area (Å²) in [5.41, 5.74) is 3.26. The number of halogens is 1. The SMILES string of the molecule is Cc1ccc(NC(=O)c2noc3c2CC(C)CC3)c(Br)c1. The Morgan fingerprint density at radius 1 is 1.48 bits per heavy atom. The van der Waals surface area contributed by atoms with Crippen molar-refractivity contribution in [2.24, 2.45) is 5.92 Å². The smallest absolute Gasteiger partial charge is 0.278 e. The van der Waals surface area contributed by atoms with Crippen LogP contribution in [0.4, 0.5) is 5.69 Å². The zero-order valence-corrected chi connectivity index (χ0v) is 13.7. The van der Waals surface area contributed by atoms with Gasteiger partial charge in [0.2, 0.25) is 0 Å². The largest absolute Gasteiger partial charge is 0.360 e. The van der Waals surface area contributed by atoms with E-state index in [1.807, 2.05) is 25.1 Å². The molecule has 0 saturated heterocycles. The van der Waals surface area contributed by atoms with E-state index in [4.69, 9.17) is 4.52 Å². The van der Waals surface area contributed by atoms with Crippen LogP contribution in [0.1, 0.15) is 40.7 Å². The summed E-state index contributed by atoms with van der Waals surface area (Å²) in [5.74, 6) is 1.22. The number of benzene rings is 1. The minimum Gasteiger partial charge on any atom is -0.360 e. The van der Waals surface area contributed by atoms with Crippen molar-refractivity contribution in [3.05, 3.63) is 45.3 Å². The maximum Gasteiger partial charge on any atom is 0.278 e. The van der Waals surface area contributed by atoms with Crippen LogP contribution in [0.25, 0.3) is 0 Å². The third-order valence-electron chi connectivity index (χ3n) is 3.87. The molecule has 1 aromatic heterocycles. The molecule has 1 atom stereocenters. The number of hydrogen-bond donors (Lipinski definition) is 1. The molecule has 5 heteroatoms. The predicted octanol–water partition coefficient (Wildman–Crippen LogP) is 4.12. The lowest BCUT2D eigenvalue weighted by Gasteiger charge is -2.16. The highest BCUT2D eigenvalue weighted by atomic mass is 79.9. The fourth-order valence-corrected chi connectivity index (χ4v) is 3.25. The topological polar surface area (TPSA) is 55.1 Å². The first-order chi connectivity index (χ1) is 10.0. The molecule has 1 N–H and O–H groups in total. The van der Waals surface area contributed by atoms with Crippen molar-refractivity contribution in [3.8, 4) is 0 Å². The number of amides is 1. The highest BCUT2D eigenvalue weighted by Crippen LogP contribution is 2.29. The van der Waals surface area contributed by atoms with E-state index < -0.39 is 0 Å². The zero-order chi connectivity index (χ0) is 15.0. The minimum atomic E-state index is -0.210. The number of aryl methyl sites for hydroxylation is 2. The lowest BCUT2D eigenvalue weighted by atomic mass is 9.88. The van der Waals surface area contributed by atoms with Crippen molar-refractivity contribution in [2.45, 2.75) is 33.1 Å². The van der Waals surface area contributed by atoms with E-state index in [-0.39, 0.29) is 5.91 Å². The molecule has 0 bridgehead atoms. The van der Waals surface area contributed by atoms with Gasteiger partial charge in [-0.2, -0.15) is 0 Å². The number of nitrogens with zero attached hydrogens (tertiary/aromatic N) is 1. The number of aromatic nitrogens is 1. The van der Waals surface area contributed by atoms with E-state index in [2.05, 4.69) is 33.3 Å². The Balaban J connectivity index is 1.85. The molecule has 0 radical (unpaired) electrons. The monoisotopic (exact) mass is 348 g/mol. The molecule has 2 aromatic rings. The van der Waals surface area contributed by atoms with E-state index in [0.717, 1.165) is 46.3 Å². The maximum atomic E-state index is 12.4. The van der Waals surface area contributed by atoms with Crippen LogP contribution in [-0.2, 0) is 12.8 Å². The third-order valence-corrected chi connectivity index (χ3v) is 4.53. The number of hydrogen-bond acceptors (Lipinski definition) is 3. The van der Waals surface area contributed by atoms with E-state index in [1.54, 1.807) is 0 Å². The lowest BCUT2D eigenvalue weighted by Crippen LogP contribution is -2.18. The first kappa shape index (κ1) is 14.3. The normalized spacial score (nSPS) is 17.4. The highest BCUT2D eigenvalue weighted by Gasteiger charge is 2.27. The Kier molecular flexibility index (Phi) is 3.85. The van der Waals surface area contributed by atoms with Crippen LogP contribution in [0, 0.1) is 12.8 Å². The van der Waals surface area contributed by atoms with Crippen LogP contribution >= 0.6 is 15.9 Å². The first-order valence-corrected chi connectivity index (χ1v) is 7.89. The number of fused-ring (bicyclic) bond motifs is 1. The van der Waals surface area contributed by atoms with Gasteiger partial charge in [0.1, 0.15) is 5.76 Å². The molecule has 0 saturated carbocycles. The molecule has 1 amide bonds. The van der Waals surface area contributed by atoms with Gasteiger partial charge >= 0.3 is 0 Å². The van der Waals surface area contributed by atoms with Gasteiger partial charge in [-0.25, -0.2) is 0 Å². The standard InChI is InChI=1S/C16H17BrN2O2/c1-9-4-6-14-11(7-9)15(19-21-14)16(20)18-13-5-3-10(2)8-12(13)17/h3,5,8-9H,4,6-7H2,1-2H3,(H,18,20). The highest BCUT2D eigenvalue weighted by molar-refractivity contribution is 9.10. The van der Waals surface area contributed by atoms with Crippen molar-refractivity contribution < 1.29 is 9.32 Å². The zero-order valence-electron chi connectivity index (χ0n) is 12.1. The molecule has 1 aliphatic carbocycles. The molecule has 1 unspecified atom stereocenters. The number of anilines is 1. The van der Waals surface area contributed by atoms with Crippen LogP contribution < -0.4 is 5.32 Å². The predicted molar refractivity (Wildman–Crippen MR) is 84.5 cm³/mol. The number of nitrogens with one attached hydrogen (secondary N) is 1. The van der Waals surface area contributed by atoms with Crippen molar-refractivity contribution >= 4 is 27.5 Å². The van der Waals surface area contributed by atoms with Crippen LogP contribution in [0.3, 0.4) is 0 Å².